The Kier molecular flexibility index (Phi) is 3.40. The Morgan fingerprint density at radius 1 is 1.48 bits per heavy atom. The molecule has 1 aromatic carbocycles. The molecule has 110 valence electrons. The van der Waals surface area contributed by atoms with Gasteiger partial charge in [-0.1, -0.05) is 17.3 Å². The summed E-state index contributed by atoms with van der Waals surface area (Å²) in [5.41, 5.74) is 0.215. The van der Waals surface area contributed by atoms with Gasteiger partial charge in [-0.2, -0.15) is 4.98 Å². The molecule has 0 bridgehead atoms. The SMILES string of the molecule is Cc1nc(COC(=O)[C@@H]2C[C@H]2c2cccc(F)c2F)no1. The lowest BCUT2D eigenvalue weighted by Crippen LogP contribution is -2.09. The lowest BCUT2D eigenvalue weighted by atomic mass is 10.1. The number of hydrogen-bond acceptors (Lipinski definition) is 5. The third-order valence-electron chi connectivity index (χ3n) is 3.39. The van der Waals surface area contributed by atoms with Gasteiger partial charge in [-0.25, -0.2) is 8.78 Å². The van der Waals surface area contributed by atoms with E-state index < -0.39 is 23.5 Å². The summed E-state index contributed by atoms with van der Waals surface area (Å²) in [4.78, 5) is 15.7. The van der Waals surface area contributed by atoms with Crippen LogP contribution in [0.3, 0.4) is 0 Å². The molecule has 0 aliphatic heterocycles. The molecular weight excluding hydrogens is 282 g/mol. The Labute approximate surface area is 118 Å². The van der Waals surface area contributed by atoms with Crippen molar-refractivity contribution in [2.75, 3.05) is 0 Å². The first kappa shape index (κ1) is 13.7. The Balaban J connectivity index is 1.59. The van der Waals surface area contributed by atoms with Gasteiger partial charge in [-0.15, -0.1) is 0 Å². The van der Waals surface area contributed by atoms with Crippen LogP contribution >= 0.6 is 0 Å². The zero-order valence-electron chi connectivity index (χ0n) is 11.2. The van der Waals surface area contributed by atoms with E-state index in [1.807, 2.05) is 0 Å². The Bertz CT molecular complexity index is 687. The predicted molar refractivity (Wildman–Crippen MR) is 66.0 cm³/mol. The van der Waals surface area contributed by atoms with Gasteiger partial charge in [0, 0.05) is 12.8 Å². The lowest BCUT2D eigenvalue weighted by Gasteiger charge is -2.03. The maximum Gasteiger partial charge on any atom is 0.310 e. The summed E-state index contributed by atoms with van der Waals surface area (Å²) in [5.74, 6) is -2.40. The van der Waals surface area contributed by atoms with E-state index in [0.29, 0.717) is 12.3 Å². The highest BCUT2D eigenvalue weighted by Crippen LogP contribution is 2.49. The molecule has 1 heterocycles. The molecule has 5 nitrogen and oxygen atoms in total. The fraction of sp³-hybridized carbons (Fsp3) is 0.357. The number of ether oxygens (including phenoxy) is 1. The zero-order chi connectivity index (χ0) is 15.0. The summed E-state index contributed by atoms with van der Waals surface area (Å²) >= 11 is 0. The van der Waals surface area contributed by atoms with E-state index in [-0.39, 0.29) is 23.9 Å². The molecule has 7 heteroatoms. The zero-order valence-corrected chi connectivity index (χ0v) is 11.2. The molecule has 0 amide bonds. The van der Waals surface area contributed by atoms with Gasteiger partial charge < -0.3 is 9.26 Å². The maximum atomic E-state index is 13.6. The van der Waals surface area contributed by atoms with E-state index in [0.717, 1.165) is 6.07 Å². The number of rotatable bonds is 4. The minimum atomic E-state index is -0.909. The fourth-order valence-electron chi connectivity index (χ4n) is 2.25. The minimum Gasteiger partial charge on any atom is -0.457 e. The number of halogens is 2. The van der Waals surface area contributed by atoms with Crippen molar-refractivity contribution in [3.8, 4) is 0 Å². The van der Waals surface area contributed by atoms with Crippen molar-refractivity contribution >= 4 is 5.97 Å². The highest BCUT2D eigenvalue weighted by Gasteiger charge is 2.46. The molecule has 21 heavy (non-hydrogen) atoms. The first-order chi connectivity index (χ1) is 10.1. The quantitative estimate of drug-likeness (QED) is 0.811. The van der Waals surface area contributed by atoms with E-state index in [1.165, 1.54) is 12.1 Å². The number of esters is 1. The van der Waals surface area contributed by atoms with Gasteiger partial charge in [0.2, 0.25) is 11.7 Å². The second-order valence-electron chi connectivity index (χ2n) is 4.93. The van der Waals surface area contributed by atoms with E-state index in [1.54, 1.807) is 6.92 Å². The molecule has 1 saturated carbocycles. The molecule has 1 aliphatic carbocycles. The standard InChI is InChI=1S/C14H12F2N2O3/c1-7-17-12(18-21-7)6-20-14(19)10-5-9(10)8-3-2-4-11(15)13(8)16/h2-4,9-10H,5-6H2,1H3/t9-,10+/m0/s1. The summed E-state index contributed by atoms with van der Waals surface area (Å²) in [6.45, 7) is 1.53. The summed E-state index contributed by atoms with van der Waals surface area (Å²) in [7, 11) is 0. The van der Waals surface area contributed by atoms with E-state index in [4.69, 9.17) is 9.26 Å². The molecule has 2 atom stereocenters. The van der Waals surface area contributed by atoms with Gasteiger partial charge in [0.15, 0.2) is 18.2 Å². The van der Waals surface area contributed by atoms with E-state index in [2.05, 4.69) is 10.1 Å². The van der Waals surface area contributed by atoms with Gasteiger partial charge in [-0.3, -0.25) is 4.79 Å². The third-order valence-corrected chi connectivity index (χ3v) is 3.39. The van der Waals surface area contributed by atoms with E-state index >= 15 is 0 Å². The molecule has 0 saturated heterocycles. The molecular formula is C14H12F2N2O3. The molecule has 0 unspecified atom stereocenters. The van der Waals surface area contributed by atoms with Crippen LogP contribution < -0.4 is 0 Å². The maximum absolute atomic E-state index is 13.6. The molecule has 2 aromatic rings. The second-order valence-corrected chi connectivity index (χ2v) is 4.93. The van der Waals surface area contributed by atoms with Gasteiger partial charge >= 0.3 is 5.97 Å². The summed E-state index contributed by atoms with van der Waals surface area (Å²) in [5, 5.41) is 3.60. The Morgan fingerprint density at radius 2 is 2.29 bits per heavy atom. The van der Waals surface area contributed by atoms with Gasteiger partial charge in [-0.05, 0) is 18.1 Å². The van der Waals surface area contributed by atoms with Crippen LogP contribution in [0.1, 0.15) is 29.6 Å². The molecule has 3 rings (SSSR count). The average Bonchev–Trinajstić information content (AvgIpc) is 3.15. The number of carbonyl (C=O) groups excluding carboxylic acids is 1. The van der Waals surface area contributed by atoms with Crippen LogP contribution in [0.15, 0.2) is 22.7 Å². The third kappa shape index (κ3) is 2.76. The largest absolute Gasteiger partial charge is 0.457 e. The second kappa shape index (κ2) is 5.23. The smallest absolute Gasteiger partial charge is 0.310 e. The molecule has 0 spiro atoms. The van der Waals surface area contributed by atoms with Crippen molar-refractivity contribution in [2.45, 2.75) is 25.9 Å². The van der Waals surface area contributed by atoms with Crippen LogP contribution in [-0.4, -0.2) is 16.1 Å². The number of hydrogen-bond donors (Lipinski definition) is 0. The summed E-state index contributed by atoms with van der Waals surface area (Å²) in [6.07, 6.45) is 0.449. The lowest BCUT2D eigenvalue weighted by molar-refractivity contribution is -0.146. The minimum absolute atomic E-state index is 0.0922. The van der Waals surface area contributed by atoms with E-state index in [9.17, 15) is 13.6 Å². The molecule has 0 N–H and O–H groups in total. The Hall–Kier alpha value is -2.31. The van der Waals surface area contributed by atoms with Crippen molar-refractivity contribution in [3.63, 3.8) is 0 Å². The van der Waals surface area contributed by atoms with Crippen molar-refractivity contribution in [3.05, 3.63) is 47.1 Å². The first-order valence-corrected chi connectivity index (χ1v) is 6.46. The normalized spacial score (nSPS) is 20.3. The highest BCUT2D eigenvalue weighted by molar-refractivity contribution is 5.77. The van der Waals surface area contributed by atoms with Gasteiger partial charge in [0.25, 0.3) is 0 Å². The van der Waals surface area contributed by atoms with Crippen LogP contribution in [0.25, 0.3) is 0 Å². The van der Waals surface area contributed by atoms with Crippen LogP contribution in [-0.2, 0) is 16.1 Å². The predicted octanol–water partition coefficient (Wildman–Crippen LogP) is 2.50. The number of aromatic nitrogens is 2. The fourth-order valence-corrected chi connectivity index (χ4v) is 2.25. The monoisotopic (exact) mass is 294 g/mol. The van der Waals surface area contributed by atoms with Crippen LogP contribution in [0, 0.1) is 24.5 Å². The number of nitrogens with zero attached hydrogens (tertiary/aromatic N) is 2. The number of aryl methyl sites for hydroxylation is 1. The molecule has 1 aliphatic rings. The topological polar surface area (TPSA) is 65.2 Å². The van der Waals surface area contributed by atoms with Gasteiger partial charge in [0.05, 0.1) is 5.92 Å². The van der Waals surface area contributed by atoms with Crippen molar-refractivity contribution in [2.24, 2.45) is 5.92 Å². The van der Waals surface area contributed by atoms with Crippen LogP contribution in [0.4, 0.5) is 8.78 Å². The number of benzene rings is 1. The summed E-state index contributed by atoms with van der Waals surface area (Å²) in [6, 6.07) is 3.96. The first-order valence-electron chi connectivity index (χ1n) is 6.46. The van der Waals surface area contributed by atoms with Crippen molar-refractivity contribution in [1.82, 2.24) is 10.1 Å². The molecule has 0 radical (unpaired) electrons. The average molecular weight is 294 g/mol. The Morgan fingerprint density at radius 3 is 3.00 bits per heavy atom. The molecule has 1 fully saturated rings. The van der Waals surface area contributed by atoms with Crippen LogP contribution in [0.2, 0.25) is 0 Å². The number of carbonyl (C=O) groups is 1. The van der Waals surface area contributed by atoms with Crippen molar-refractivity contribution in [1.29, 1.82) is 0 Å². The summed E-state index contributed by atoms with van der Waals surface area (Å²) < 4.78 is 36.6. The molecule has 1 aromatic heterocycles. The van der Waals surface area contributed by atoms with Crippen LogP contribution in [0.5, 0.6) is 0 Å². The highest BCUT2D eigenvalue weighted by atomic mass is 19.2. The van der Waals surface area contributed by atoms with Crippen molar-refractivity contribution < 1.29 is 22.8 Å². The van der Waals surface area contributed by atoms with Gasteiger partial charge in [0.1, 0.15) is 0 Å².